The second-order valence-corrected chi connectivity index (χ2v) is 33.0. The van der Waals surface area contributed by atoms with E-state index in [1.807, 2.05) is 0 Å². The van der Waals surface area contributed by atoms with E-state index in [4.69, 9.17) is 32.7 Å². The number of hydrogen-bond donors (Lipinski definition) is 10. The Hall–Kier alpha value is -2.18. The van der Waals surface area contributed by atoms with Gasteiger partial charge in [0.1, 0.15) is 36.5 Å². The minimum absolute atomic E-state index is 0.129. The van der Waals surface area contributed by atoms with Crippen molar-refractivity contribution >= 4 is 39.4 Å². The highest BCUT2D eigenvalue weighted by Gasteiger charge is 2.54. The highest BCUT2D eigenvalue weighted by molar-refractivity contribution is 7.46. The summed E-state index contributed by atoms with van der Waals surface area (Å²) in [5, 5.41) is 50.7. The molecule has 25 heteroatoms. The van der Waals surface area contributed by atoms with Crippen molar-refractivity contribution in [2.24, 2.45) is 0 Å². The summed E-state index contributed by atoms with van der Waals surface area (Å²) in [6.45, 7) is 6.94. The lowest BCUT2D eigenvalue weighted by Crippen LogP contribution is -2.68. The fourth-order valence-electron chi connectivity index (χ4n) is 14.4. The molecule has 2 aliphatic heterocycles. The van der Waals surface area contributed by atoms with Gasteiger partial charge in [-0.1, -0.05) is 349 Å². The number of aliphatic hydroxyl groups excluding tert-OH is 4. The Bertz CT molecular complexity index is 2210. The van der Waals surface area contributed by atoms with E-state index in [2.05, 4.69) is 38.3 Å². The minimum Gasteiger partial charge on any atom is -0.457 e. The van der Waals surface area contributed by atoms with Crippen LogP contribution in [0.25, 0.3) is 0 Å². The van der Waals surface area contributed by atoms with E-state index in [1.165, 1.54) is 180 Å². The van der Waals surface area contributed by atoms with Crippen molar-refractivity contribution < 1.29 is 101 Å². The number of phosphoric acid groups is 2. The molecule has 2 heterocycles. The topological polar surface area (TPSA) is 353 Å². The summed E-state index contributed by atoms with van der Waals surface area (Å²) < 4.78 is 66.3. The zero-order chi connectivity index (χ0) is 77.0. The van der Waals surface area contributed by atoms with Crippen LogP contribution >= 0.6 is 15.6 Å². The van der Waals surface area contributed by atoms with Gasteiger partial charge < -0.3 is 74.3 Å². The Labute approximate surface area is 635 Å². The van der Waals surface area contributed by atoms with Gasteiger partial charge in [0.2, 0.25) is 11.8 Å². The number of unbranched alkanes of at least 4 members (excludes halogenated alkanes) is 48. The normalized spacial score (nSPS) is 21.3. The number of ether oxygens (including phenoxy) is 5. The molecule has 2 fully saturated rings. The quantitative estimate of drug-likeness (QED) is 0.0154. The van der Waals surface area contributed by atoms with Crippen LogP contribution < -0.4 is 10.6 Å². The lowest BCUT2D eigenvalue weighted by molar-refractivity contribution is -0.296. The first-order chi connectivity index (χ1) is 50.7. The van der Waals surface area contributed by atoms with Crippen molar-refractivity contribution in [3.8, 4) is 0 Å². The Balaban J connectivity index is 2.40. The first kappa shape index (κ1) is 98.9. The van der Waals surface area contributed by atoms with Crippen molar-refractivity contribution in [2.45, 2.75) is 474 Å². The fraction of sp³-hybridized carbons (Fsp3) is 0.950. The minimum atomic E-state index is -5.55. The molecule has 23 nitrogen and oxygen atoms in total. The maximum Gasteiger partial charge on any atom is 0.472 e. The molecule has 0 saturated carbocycles. The average molecular weight is 1540 g/mol. The van der Waals surface area contributed by atoms with Crippen molar-refractivity contribution in [3.63, 3.8) is 0 Å². The zero-order valence-electron chi connectivity index (χ0n) is 66.1. The Morgan fingerprint density at radius 3 is 0.952 bits per heavy atom. The number of phosphoric ester groups is 2. The van der Waals surface area contributed by atoms with Crippen LogP contribution in [0.15, 0.2) is 0 Å². The van der Waals surface area contributed by atoms with E-state index in [1.54, 1.807) is 0 Å². The van der Waals surface area contributed by atoms with Crippen molar-refractivity contribution in [1.29, 1.82) is 0 Å². The largest absolute Gasteiger partial charge is 0.472 e. The standard InChI is InChI=1S/C80H154N2O21P2/c1-5-9-13-17-21-25-29-31-33-35-39-41-45-49-53-57-65(84)61-69(86)81-73-77(100-71(88)59-55-51-47-43-37-27-23-19-15-11-7-3)75(90)68(99-80(73)103-105(94,95)96)64-97-79-74(82-70(87)62-66(85)58-54-50-46-42-40-36-34-32-30-26-22-18-14-10-6-2)78(76(67(63-83)98-79)102-104(91,92)93)101-72(89)60-56-52-48-44-38-28-24-20-16-12-8-4/h65-68,73-80,83-85,90H,5-64H2,1-4H3,(H,81,86)(H,82,87)(H2,91,92,93)(H2,94,95,96)/t65-,66-,67-,68-,73-,74-,75-,76-,77-,78-,79-,80-/m1/s1. The second kappa shape index (κ2) is 64.4. The number of carbonyl (C=O) groups excluding carboxylic acids is 4. The van der Waals surface area contributed by atoms with Gasteiger partial charge in [-0.2, -0.15) is 0 Å². The Kier molecular flexibility index (Phi) is 60.6. The summed E-state index contributed by atoms with van der Waals surface area (Å²) in [6.07, 6.45) is 38.6. The summed E-state index contributed by atoms with van der Waals surface area (Å²) in [5.41, 5.74) is 0. The van der Waals surface area contributed by atoms with Gasteiger partial charge >= 0.3 is 27.6 Å². The molecule has 0 aromatic heterocycles. The van der Waals surface area contributed by atoms with Gasteiger partial charge in [0, 0.05) is 12.8 Å². The molecule has 105 heavy (non-hydrogen) atoms. The van der Waals surface area contributed by atoms with E-state index in [9.17, 15) is 68.3 Å². The Morgan fingerprint density at radius 1 is 0.371 bits per heavy atom. The van der Waals surface area contributed by atoms with Gasteiger partial charge in [-0.3, -0.25) is 28.2 Å². The van der Waals surface area contributed by atoms with Crippen LogP contribution in [0, 0.1) is 0 Å². The highest BCUT2D eigenvalue weighted by atomic mass is 31.2. The second-order valence-electron chi connectivity index (χ2n) is 30.6. The summed E-state index contributed by atoms with van der Waals surface area (Å²) in [5.74, 6) is -3.31. The molecule has 2 saturated heterocycles. The molecular weight excluding hydrogens is 1390 g/mol. The van der Waals surface area contributed by atoms with Crippen molar-refractivity contribution in [3.05, 3.63) is 0 Å². The van der Waals surface area contributed by atoms with Crippen molar-refractivity contribution in [2.75, 3.05) is 13.2 Å². The first-order valence-corrected chi connectivity index (χ1v) is 45.8. The van der Waals surface area contributed by atoms with Crippen LogP contribution in [0.5, 0.6) is 0 Å². The predicted octanol–water partition coefficient (Wildman–Crippen LogP) is 17.6. The first-order valence-electron chi connectivity index (χ1n) is 42.7. The molecule has 12 atom stereocenters. The molecule has 0 radical (unpaired) electrons. The maximum absolute atomic E-state index is 14.2. The third kappa shape index (κ3) is 52.6. The van der Waals surface area contributed by atoms with E-state index in [0.717, 1.165) is 116 Å². The molecule has 2 rings (SSSR count). The number of rotatable bonds is 72. The third-order valence-corrected chi connectivity index (χ3v) is 21.7. The number of esters is 2. The lowest BCUT2D eigenvalue weighted by Gasteiger charge is -2.47. The predicted molar refractivity (Wildman–Crippen MR) is 413 cm³/mol. The van der Waals surface area contributed by atoms with Crippen LogP contribution in [0.2, 0.25) is 0 Å². The molecule has 2 aliphatic rings. The molecule has 0 unspecified atom stereocenters. The summed E-state index contributed by atoms with van der Waals surface area (Å²) in [7, 11) is -11.0. The van der Waals surface area contributed by atoms with Crippen LogP contribution in [0.3, 0.4) is 0 Å². The summed E-state index contributed by atoms with van der Waals surface area (Å²) in [4.78, 5) is 97.1. The third-order valence-electron chi connectivity index (χ3n) is 20.7. The summed E-state index contributed by atoms with van der Waals surface area (Å²) >= 11 is 0. The maximum atomic E-state index is 14.2. The number of amides is 2. The molecule has 0 aromatic rings. The van der Waals surface area contributed by atoms with Crippen molar-refractivity contribution in [1.82, 2.24) is 10.6 Å². The number of nitrogens with one attached hydrogen (secondary N) is 2. The highest BCUT2D eigenvalue weighted by Crippen LogP contribution is 2.44. The number of aliphatic hydroxyl groups is 4. The smallest absolute Gasteiger partial charge is 0.457 e. The fourth-order valence-corrected chi connectivity index (χ4v) is 15.5. The molecule has 0 bridgehead atoms. The molecule has 10 N–H and O–H groups in total. The SMILES string of the molecule is CCCCCCCCCCCCCCCCC[C@@H](O)CC(=O)N[C@H]1[C@H](OC[C@H]2O[C@H](OP(=O)(O)O)[C@H](NC(=O)C[C@H](O)CCCCCCCCCCCCCCCCC)[C@@H](OC(=O)CCCCCCCCCCCCC)[C@@H]2O)O[C@H](CO)[C@@H](OP(=O)(O)O)[C@@H]1OC(=O)CCCCCCCCCCCCC. The van der Waals surface area contributed by atoms with Gasteiger partial charge in [-0.25, -0.2) is 9.13 Å². The average Bonchev–Trinajstić information content (AvgIpc) is 0.787. The van der Waals surface area contributed by atoms with E-state index < -0.39 is 139 Å². The molecule has 0 spiro atoms. The van der Waals surface area contributed by atoms with Gasteiger partial charge in [0.25, 0.3) is 0 Å². The van der Waals surface area contributed by atoms with E-state index in [-0.39, 0.29) is 25.7 Å². The van der Waals surface area contributed by atoms with Gasteiger partial charge in [0.05, 0.1) is 38.3 Å². The van der Waals surface area contributed by atoms with Gasteiger partial charge in [-0.15, -0.1) is 0 Å². The molecule has 0 aliphatic carbocycles. The Morgan fingerprint density at radius 2 is 0.648 bits per heavy atom. The van der Waals surface area contributed by atoms with Crippen LogP contribution in [0.4, 0.5) is 0 Å². The lowest BCUT2D eigenvalue weighted by atomic mass is 9.95. The van der Waals surface area contributed by atoms with Crippen LogP contribution in [-0.4, -0.2) is 150 Å². The van der Waals surface area contributed by atoms with Gasteiger partial charge in [0.15, 0.2) is 24.8 Å². The number of carbonyl (C=O) groups is 4. The van der Waals surface area contributed by atoms with Gasteiger partial charge in [-0.05, 0) is 25.7 Å². The van der Waals surface area contributed by atoms with E-state index >= 15 is 0 Å². The van der Waals surface area contributed by atoms with Crippen LogP contribution in [0.1, 0.15) is 400 Å². The van der Waals surface area contributed by atoms with Crippen LogP contribution in [-0.2, 0) is 61.0 Å². The summed E-state index contributed by atoms with van der Waals surface area (Å²) in [6, 6.07) is -3.52. The molecule has 620 valence electrons. The molecule has 0 aromatic carbocycles. The monoisotopic (exact) mass is 1540 g/mol. The number of hydrogen-bond acceptors (Lipinski definition) is 17. The van der Waals surface area contributed by atoms with E-state index in [0.29, 0.717) is 38.5 Å². The molecular formula is C80H154N2O21P2. The molecule has 2 amide bonds. The zero-order valence-corrected chi connectivity index (χ0v) is 67.9.